The van der Waals surface area contributed by atoms with Gasteiger partial charge < -0.3 is 9.84 Å². The lowest BCUT2D eigenvalue weighted by molar-refractivity contribution is 0.0102. The highest BCUT2D eigenvalue weighted by molar-refractivity contribution is 7.89. The van der Waals surface area contributed by atoms with Crippen LogP contribution in [0.25, 0.3) is 0 Å². The first kappa shape index (κ1) is 14.7. The fourth-order valence-corrected chi connectivity index (χ4v) is 3.71. The summed E-state index contributed by atoms with van der Waals surface area (Å²) in [4.78, 5) is 0.148. The maximum atomic E-state index is 12.5. The lowest BCUT2D eigenvalue weighted by Gasteiger charge is -2.30. The largest absolute Gasteiger partial charge is 0.392 e. The third-order valence-corrected chi connectivity index (χ3v) is 5.26. The van der Waals surface area contributed by atoms with Crippen molar-refractivity contribution >= 4 is 21.6 Å². The zero-order valence-corrected chi connectivity index (χ0v) is 12.1. The van der Waals surface area contributed by atoms with Crippen LogP contribution in [0.5, 0.6) is 0 Å². The van der Waals surface area contributed by atoms with Crippen LogP contribution >= 0.6 is 11.6 Å². The van der Waals surface area contributed by atoms with Gasteiger partial charge in [-0.15, -0.1) is 0 Å². The summed E-state index contributed by atoms with van der Waals surface area (Å²) in [6.45, 7) is 2.61. The number of nitrogens with zero attached hydrogens (tertiary/aromatic N) is 1. The minimum absolute atomic E-state index is 0.117. The summed E-state index contributed by atoms with van der Waals surface area (Å²) in [7, 11) is -3.56. The number of morpholine rings is 1. The summed E-state index contributed by atoms with van der Waals surface area (Å²) in [5.41, 5.74) is 0.407. The Morgan fingerprint density at radius 1 is 1.53 bits per heavy atom. The molecule has 0 aromatic heterocycles. The Hall–Kier alpha value is -0.660. The highest BCUT2D eigenvalue weighted by Gasteiger charge is 2.29. The number of aliphatic hydroxyl groups excluding tert-OH is 1. The van der Waals surface area contributed by atoms with Crippen molar-refractivity contribution in [1.82, 2.24) is 4.31 Å². The van der Waals surface area contributed by atoms with Crippen molar-refractivity contribution in [3.63, 3.8) is 0 Å². The number of hydrogen-bond acceptors (Lipinski definition) is 4. The van der Waals surface area contributed by atoms with Gasteiger partial charge in [-0.25, -0.2) is 8.42 Å². The van der Waals surface area contributed by atoms with Crippen LogP contribution in [0.1, 0.15) is 12.5 Å². The van der Waals surface area contributed by atoms with Crippen LogP contribution < -0.4 is 0 Å². The van der Waals surface area contributed by atoms with Gasteiger partial charge in [0.25, 0.3) is 0 Å². The predicted molar refractivity (Wildman–Crippen MR) is 71.5 cm³/mol. The summed E-state index contributed by atoms with van der Waals surface area (Å²) in [5, 5.41) is 9.51. The van der Waals surface area contributed by atoms with E-state index in [4.69, 9.17) is 21.4 Å². The van der Waals surface area contributed by atoms with Crippen molar-refractivity contribution in [1.29, 1.82) is 0 Å². The number of rotatable bonds is 3. The van der Waals surface area contributed by atoms with Gasteiger partial charge in [-0.05, 0) is 30.7 Å². The monoisotopic (exact) mass is 305 g/mol. The molecule has 0 bridgehead atoms. The first-order valence-corrected chi connectivity index (χ1v) is 7.78. The zero-order valence-electron chi connectivity index (χ0n) is 10.5. The highest BCUT2D eigenvalue weighted by atomic mass is 35.5. The van der Waals surface area contributed by atoms with Gasteiger partial charge in [0, 0.05) is 18.1 Å². The molecule has 1 saturated heterocycles. The molecule has 1 aromatic carbocycles. The van der Waals surface area contributed by atoms with Crippen molar-refractivity contribution in [2.75, 3.05) is 19.7 Å². The highest BCUT2D eigenvalue weighted by Crippen LogP contribution is 2.24. The fourth-order valence-electron chi connectivity index (χ4n) is 1.99. The van der Waals surface area contributed by atoms with E-state index in [1.54, 1.807) is 0 Å². The minimum atomic E-state index is -3.56. The van der Waals surface area contributed by atoms with Gasteiger partial charge in [-0.2, -0.15) is 4.31 Å². The Kier molecular flexibility index (Phi) is 4.47. The van der Waals surface area contributed by atoms with E-state index in [2.05, 4.69) is 0 Å². The molecule has 0 radical (unpaired) electrons. The molecule has 2 rings (SSSR count). The Bertz CT molecular complexity index is 561. The van der Waals surface area contributed by atoms with E-state index in [1.807, 2.05) is 6.92 Å². The Morgan fingerprint density at radius 2 is 2.26 bits per heavy atom. The molecule has 1 fully saturated rings. The second-order valence-corrected chi connectivity index (χ2v) is 6.80. The molecule has 1 N–H and O–H groups in total. The summed E-state index contributed by atoms with van der Waals surface area (Å²) < 4.78 is 31.6. The smallest absolute Gasteiger partial charge is 0.243 e. The van der Waals surface area contributed by atoms with Gasteiger partial charge in [0.05, 0.1) is 24.2 Å². The predicted octanol–water partition coefficient (Wildman–Crippen LogP) is 1.24. The quantitative estimate of drug-likeness (QED) is 0.912. The molecule has 0 spiro atoms. The molecule has 19 heavy (non-hydrogen) atoms. The topological polar surface area (TPSA) is 66.8 Å². The SMILES string of the molecule is CC1CN(S(=O)(=O)c2ccc(Cl)c(CO)c2)CCO1. The zero-order chi connectivity index (χ0) is 14.0. The molecule has 0 aliphatic carbocycles. The van der Waals surface area contributed by atoms with Crippen LogP contribution in [0, 0.1) is 0 Å². The van der Waals surface area contributed by atoms with E-state index < -0.39 is 10.0 Å². The third-order valence-electron chi connectivity index (χ3n) is 3.03. The maximum absolute atomic E-state index is 12.5. The summed E-state index contributed by atoms with van der Waals surface area (Å²) in [5.74, 6) is 0. The molecule has 1 unspecified atom stereocenters. The van der Waals surface area contributed by atoms with Crippen molar-refractivity contribution < 1.29 is 18.3 Å². The van der Waals surface area contributed by atoms with Crippen molar-refractivity contribution in [3.8, 4) is 0 Å². The summed E-state index contributed by atoms with van der Waals surface area (Å²) in [6, 6.07) is 4.36. The van der Waals surface area contributed by atoms with E-state index >= 15 is 0 Å². The van der Waals surface area contributed by atoms with E-state index in [-0.39, 0.29) is 17.6 Å². The van der Waals surface area contributed by atoms with E-state index in [0.717, 1.165) is 0 Å². The van der Waals surface area contributed by atoms with Crippen LogP contribution in [0.4, 0.5) is 0 Å². The molecule has 0 saturated carbocycles. The first-order chi connectivity index (χ1) is 8.95. The lowest BCUT2D eigenvalue weighted by Crippen LogP contribution is -2.44. The standard InChI is InChI=1S/C12H16ClNO4S/c1-9-7-14(4-5-18-9)19(16,17)11-2-3-12(13)10(6-11)8-15/h2-3,6,9,15H,4-5,7-8H2,1H3. The Balaban J connectivity index is 2.33. The maximum Gasteiger partial charge on any atom is 0.243 e. The number of halogens is 1. The normalized spacial score (nSPS) is 21.5. The molecular weight excluding hydrogens is 290 g/mol. The molecule has 1 atom stereocenters. The third kappa shape index (κ3) is 3.09. The molecule has 1 aliphatic rings. The summed E-state index contributed by atoms with van der Waals surface area (Å²) in [6.07, 6.45) is -0.117. The fraction of sp³-hybridized carbons (Fsp3) is 0.500. The second-order valence-electron chi connectivity index (χ2n) is 4.46. The molecule has 7 heteroatoms. The van der Waals surface area contributed by atoms with Crippen LogP contribution in [0.15, 0.2) is 23.1 Å². The molecule has 1 aliphatic heterocycles. The Morgan fingerprint density at radius 3 is 2.89 bits per heavy atom. The molecular formula is C12H16ClNO4S. The first-order valence-electron chi connectivity index (χ1n) is 5.96. The Labute approximate surface area is 117 Å². The molecule has 106 valence electrons. The number of ether oxygens (including phenoxy) is 1. The average molecular weight is 306 g/mol. The van der Waals surface area contributed by atoms with Crippen LogP contribution in [-0.2, 0) is 21.4 Å². The van der Waals surface area contributed by atoms with E-state index in [1.165, 1.54) is 22.5 Å². The second kappa shape index (κ2) is 5.76. The average Bonchev–Trinajstić information content (AvgIpc) is 2.39. The van der Waals surface area contributed by atoms with Gasteiger partial charge in [0.15, 0.2) is 0 Å². The van der Waals surface area contributed by atoms with Crippen molar-refractivity contribution in [2.24, 2.45) is 0 Å². The van der Waals surface area contributed by atoms with Crippen molar-refractivity contribution in [3.05, 3.63) is 28.8 Å². The lowest BCUT2D eigenvalue weighted by atomic mass is 10.2. The molecule has 1 heterocycles. The number of aliphatic hydroxyl groups is 1. The van der Waals surface area contributed by atoms with Gasteiger partial charge in [0.1, 0.15) is 0 Å². The molecule has 0 amide bonds. The molecule has 5 nitrogen and oxygen atoms in total. The van der Waals surface area contributed by atoms with Gasteiger partial charge in [-0.1, -0.05) is 11.6 Å². The number of hydrogen-bond donors (Lipinski definition) is 1. The molecule has 1 aromatic rings. The minimum Gasteiger partial charge on any atom is -0.392 e. The van der Waals surface area contributed by atoms with Gasteiger partial charge >= 0.3 is 0 Å². The van der Waals surface area contributed by atoms with E-state index in [0.29, 0.717) is 30.3 Å². The van der Waals surface area contributed by atoms with Crippen LogP contribution in [-0.4, -0.2) is 43.6 Å². The van der Waals surface area contributed by atoms with Crippen molar-refractivity contribution in [2.45, 2.75) is 24.5 Å². The van der Waals surface area contributed by atoms with Crippen LogP contribution in [0.3, 0.4) is 0 Å². The van der Waals surface area contributed by atoms with E-state index in [9.17, 15) is 8.42 Å². The number of sulfonamides is 1. The van der Waals surface area contributed by atoms with Gasteiger partial charge in [-0.3, -0.25) is 0 Å². The van der Waals surface area contributed by atoms with Gasteiger partial charge in [0.2, 0.25) is 10.0 Å². The number of benzene rings is 1. The van der Waals surface area contributed by atoms with Crippen LogP contribution in [0.2, 0.25) is 5.02 Å². The summed E-state index contributed by atoms with van der Waals surface area (Å²) >= 11 is 5.87.